The van der Waals surface area contributed by atoms with Gasteiger partial charge in [-0.1, -0.05) is 0 Å². The van der Waals surface area contributed by atoms with Crippen molar-refractivity contribution in [1.82, 2.24) is 24.9 Å². The van der Waals surface area contributed by atoms with Crippen LogP contribution in [0.2, 0.25) is 0 Å². The van der Waals surface area contributed by atoms with Crippen LogP contribution in [0.4, 0.5) is 0 Å². The van der Waals surface area contributed by atoms with Crippen molar-refractivity contribution >= 4 is 5.91 Å². The molecular weight excluding hydrogens is 314 g/mol. The average Bonchev–Trinajstić information content (AvgIpc) is 3.25. The first-order chi connectivity index (χ1) is 12.0. The summed E-state index contributed by atoms with van der Waals surface area (Å²) in [5.41, 5.74) is 4.08. The van der Waals surface area contributed by atoms with Crippen LogP contribution in [0.5, 0.6) is 0 Å². The molecule has 3 fully saturated rings. The Labute approximate surface area is 150 Å². The van der Waals surface area contributed by atoms with Crippen molar-refractivity contribution in [3.8, 4) is 0 Å². The molecule has 1 amide bonds. The number of amides is 1. The predicted octanol–water partition coefficient (Wildman–Crippen LogP) is 1.07. The molecule has 1 aromatic rings. The normalized spacial score (nSPS) is 26.2. The number of nitrogens with zero attached hydrogens (tertiary/aromatic N) is 4. The van der Waals surface area contributed by atoms with Crippen LogP contribution in [-0.2, 0) is 18.4 Å². The maximum atomic E-state index is 12.9. The van der Waals surface area contributed by atoms with Crippen LogP contribution in [0.3, 0.4) is 0 Å². The first-order valence-electron chi connectivity index (χ1n) is 9.71. The van der Waals surface area contributed by atoms with Gasteiger partial charge in [0.25, 0.3) is 0 Å². The number of carbonyl (C=O) groups excluding carboxylic acids is 1. The molecule has 1 aromatic heterocycles. The molecule has 1 aliphatic carbocycles. The van der Waals surface area contributed by atoms with Crippen molar-refractivity contribution in [2.45, 2.75) is 39.7 Å². The van der Waals surface area contributed by atoms with Gasteiger partial charge in [-0.15, -0.1) is 0 Å². The fourth-order valence-corrected chi connectivity index (χ4v) is 4.79. The monoisotopic (exact) mass is 345 g/mol. The molecule has 0 bridgehead atoms. The summed E-state index contributed by atoms with van der Waals surface area (Å²) in [7, 11) is 2.01. The van der Waals surface area contributed by atoms with E-state index < -0.39 is 0 Å². The van der Waals surface area contributed by atoms with Gasteiger partial charge in [0, 0.05) is 56.9 Å². The van der Waals surface area contributed by atoms with E-state index >= 15 is 0 Å². The Kier molecular flexibility index (Phi) is 4.36. The molecular formula is C19H31N5O. The standard InChI is InChI=1S/C19H31N5O/c1-14-16(15(2)22(3)21-14)13-23-8-10-24(11-9-23)18(25)17-12-19(17)4-6-20-7-5-19/h17,20H,4-13H2,1-3H3. The summed E-state index contributed by atoms with van der Waals surface area (Å²) in [5, 5.41) is 7.94. The first kappa shape index (κ1) is 17.0. The molecule has 0 aromatic carbocycles. The molecule has 6 nitrogen and oxygen atoms in total. The number of carbonyl (C=O) groups is 1. The fraction of sp³-hybridized carbons (Fsp3) is 0.789. The Morgan fingerprint density at radius 1 is 1.20 bits per heavy atom. The van der Waals surface area contributed by atoms with Gasteiger partial charge in [0.2, 0.25) is 5.91 Å². The van der Waals surface area contributed by atoms with Crippen LogP contribution in [0.25, 0.3) is 0 Å². The number of rotatable bonds is 3. The number of aromatic nitrogens is 2. The highest BCUT2D eigenvalue weighted by Crippen LogP contribution is 2.59. The maximum absolute atomic E-state index is 12.9. The Morgan fingerprint density at radius 3 is 2.48 bits per heavy atom. The smallest absolute Gasteiger partial charge is 0.226 e. The Morgan fingerprint density at radius 2 is 1.88 bits per heavy atom. The van der Waals surface area contributed by atoms with Gasteiger partial charge in [-0.05, 0) is 51.6 Å². The lowest BCUT2D eigenvalue weighted by Crippen LogP contribution is -2.49. The van der Waals surface area contributed by atoms with Crippen LogP contribution in [0.1, 0.15) is 36.2 Å². The Bertz CT molecular complexity index is 653. The molecule has 1 spiro atoms. The van der Waals surface area contributed by atoms with E-state index in [0.29, 0.717) is 17.2 Å². The first-order valence-corrected chi connectivity index (χ1v) is 9.71. The van der Waals surface area contributed by atoms with E-state index in [1.807, 2.05) is 11.7 Å². The molecule has 25 heavy (non-hydrogen) atoms. The highest BCUT2D eigenvalue weighted by Gasteiger charge is 2.58. The minimum absolute atomic E-state index is 0.309. The molecule has 4 rings (SSSR count). The number of hydrogen-bond donors (Lipinski definition) is 1. The molecule has 2 aliphatic heterocycles. The molecule has 2 saturated heterocycles. The lowest BCUT2D eigenvalue weighted by molar-refractivity contribution is -0.135. The number of piperazine rings is 1. The van der Waals surface area contributed by atoms with Crippen molar-refractivity contribution in [3.63, 3.8) is 0 Å². The zero-order valence-electron chi connectivity index (χ0n) is 15.8. The van der Waals surface area contributed by atoms with Crippen molar-refractivity contribution in [2.24, 2.45) is 18.4 Å². The Balaban J connectivity index is 1.30. The number of nitrogens with one attached hydrogen (secondary N) is 1. The van der Waals surface area contributed by atoms with Gasteiger partial charge in [0.15, 0.2) is 0 Å². The van der Waals surface area contributed by atoms with Crippen LogP contribution in [0.15, 0.2) is 0 Å². The van der Waals surface area contributed by atoms with Gasteiger partial charge in [-0.3, -0.25) is 14.4 Å². The number of aryl methyl sites for hydroxylation is 2. The predicted molar refractivity (Wildman–Crippen MR) is 97.2 cm³/mol. The molecule has 0 radical (unpaired) electrons. The largest absolute Gasteiger partial charge is 0.340 e. The Hall–Kier alpha value is -1.40. The third-order valence-electron chi connectivity index (χ3n) is 6.81. The summed E-state index contributed by atoms with van der Waals surface area (Å²) in [6, 6.07) is 0. The van der Waals surface area contributed by atoms with Gasteiger partial charge < -0.3 is 10.2 Å². The van der Waals surface area contributed by atoms with Gasteiger partial charge in [-0.25, -0.2) is 0 Å². The molecule has 1 N–H and O–H groups in total. The number of piperidine rings is 1. The van der Waals surface area contributed by atoms with E-state index in [2.05, 4.69) is 34.1 Å². The molecule has 3 aliphatic rings. The lowest BCUT2D eigenvalue weighted by atomic mass is 9.91. The van der Waals surface area contributed by atoms with E-state index in [1.54, 1.807) is 0 Å². The summed E-state index contributed by atoms with van der Waals surface area (Å²) in [4.78, 5) is 17.5. The van der Waals surface area contributed by atoms with Gasteiger partial charge in [0.1, 0.15) is 0 Å². The van der Waals surface area contributed by atoms with E-state index in [0.717, 1.165) is 57.9 Å². The second-order valence-electron chi connectivity index (χ2n) is 8.24. The second kappa shape index (κ2) is 6.40. The van der Waals surface area contributed by atoms with Gasteiger partial charge in [0.05, 0.1) is 5.69 Å². The highest BCUT2D eigenvalue weighted by atomic mass is 16.2. The van der Waals surface area contributed by atoms with E-state index in [9.17, 15) is 4.79 Å². The van der Waals surface area contributed by atoms with Gasteiger partial charge in [-0.2, -0.15) is 5.10 Å². The van der Waals surface area contributed by atoms with Crippen LogP contribution < -0.4 is 5.32 Å². The van der Waals surface area contributed by atoms with Crippen LogP contribution in [0, 0.1) is 25.2 Å². The zero-order valence-corrected chi connectivity index (χ0v) is 15.8. The van der Waals surface area contributed by atoms with E-state index in [1.165, 1.54) is 24.1 Å². The van der Waals surface area contributed by atoms with Crippen molar-refractivity contribution in [1.29, 1.82) is 0 Å². The highest BCUT2D eigenvalue weighted by molar-refractivity contribution is 5.83. The topological polar surface area (TPSA) is 53.4 Å². The summed E-state index contributed by atoms with van der Waals surface area (Å²) in [6.45, 7) is 11.1. The van der Waals surface area contributed by atoms with Crippen LogP contribution >= 0.6 is 0 Å². The molecule has 3 heterocycles. The molecule has 1 unspecified atom stereocenters. The van der Waals surface area contributed by atoms with Crippen molar-refractivity contribution in [2.75, 3.05) is 39.3 Å². The lowest BCUT2D eigenvalue weighted by Gasteiger charge is -2.35. The van der Waals surface area contributed by atoms with Gasteiger partial charge >= 0.3 is 0 Å². The van der Waals surface area contributed by atoms with Crippen molar-refractivity contribution < 1.29 is 4.79 Å². The molecule has 1 atom stereocenters. The molecule has 138 valence electrons. The van der Waals surface area contributed by atoms with E-state index in [-0.39, 0.29) is 0 Å². The number of hydrogen-bond acceptors (Lipinski definition) is 4. The second-order valence-corrected chi connectivity index (χ2v) is 8.24. The average molecular weight is 345 g/mol. The molecule has 1 saturated carbocycles. The fourth-order valence-electron chi connectivity index (χ4n) is 4.79. The maximum Gasteiger partial charge on any atom is 0.226 e. The summed E-state index contributed by atoms with van der Waals surface area (Å²) in [6.07, 6.45) is 3.49. The zero-order chi connectivity index (χ0) is 17.6. The summed E-state index contributed by atoms with van der Waals surface area (Å²) < 4.78 is 1.97. The summed E-state index contributed by atoms with van der Waals surface area (Å²) in [5.74, 6) is 0.735. The third kappa shape index (κ3) is 3.10. The quantitative estimate of drug-likeness (QED) is 0.890. The summed E-state index contributed by atoms with van der Waals surface area (Å²) >= 11 is 0. The minimum Gasteiger partial charge on any atom is -0.340 e. The third-order valence-corrected chi connectivity index (χ3v) is 6.81. The molecule has 6 heteroatoms. The van der Waals surface area contributed by atoms with E-state index in [4.69, 9.17) is 0 Å². The van der Waals surface area contributed by atoms with Crippen molar-refractivity contribution in [3.05, 3.63) is 17.0 Å². The van der Waals surface area contributed by atoms with Crippen LogP contribution in [-0.4, -0.2) is 64.8 Å². The minimum atomic E-state index is 0.309. The SMILES string of the molecule is Cc1nn(C)c(C)c1CN1CCN(C(=O)C2CC23CCNCC3)CC1.